The lowest BCUT2D eigenvalue weighted by Gasteiger charge is -2.13. The molecule has 12 heavy (non-hydrogen) atoms. The zero-order valence-electron chi connectivity index (χ0n) is 6.71. The van der Waals surface area contributed by atoms with E-state index in [0.717, 1.165) is 10.2 Å². The van der Waals surface area contributed by atoms with E-state index in [0.29, 0.717) is 0 Å². The average Bonchev–Trinajstić information content (AvgIpc) is 2.47. The van der Waals surface area contributed by atoms with E-state index < -0.39 is 0 Å². The van der Waals surface area contributed by atoms with Crippen LogP contribution in [-0.2, 0) is 0 Å². The van der Waals surface area contributed by atoms with Crippen molar-refractivity contribution in [2.75, 3.05) is 12.0 Å². The van der Waals surface area contributed by atoms with Crippen molar-refractivity contribution in [3.63, 3.8) is 0 Å². The predicted octanol–water partition coefficient (Wildman–Crippen LogP) is 2.38. The van der Waals surface area contributed by atoms with Crippen LogP contribution in [0.4, 0.5) is 0 Å². The van der Waals surface area contributed by atoms with Gasteiger partial charge in [0.15, 0.2) is 0 Å². The number of hydrogen-bond acceptors (Lipinski definition) is 4. The van der Waals surface area contributed by atoms with Gasteiger partial charge in [0.25, 0.3) is 0 Å². The first kappa shape index (κ1) is 10.5. The predicted molar refractivity (Wildman–Crippen MR) is 60.5 cm³/mol. The molecule has 0 fully saturated rings. The van der Waals surface area contributed by atoms with Gasteiger partial charge in [-0.1, -0.05) is 0 Å². The van der Waals surface area contributed by atoms with Gasteiger partial charge in [-0.3, -0.25) is 11.3 Å². The molecule has 1 unspecified atom stereocenters. The van der Waals surface area contributed by atoms with Crippen molar-refractivity contribution in [1.29, 1.82) is 0 Å². The summed E-state index contributed by atoms with van der Waals surface area (Å²) in [6, 6.07) is 0.251. The Balaban J connectivity index is 2.72. The third-order valence-corrected chi connectivity index (χ3v) is 3.97. The second-order valence-corrected chi connectivity index (χ2v) is 4.86. The Kier molecular flexibility index (Phi) is 4.60. The van der Waals surface area contributed by atoms with Crippen LogP contribution in [0.1, 0.15) is 11.6 Å². The van der Waals surface area contributed by atoms with Gasteiger partial charge in [0.2, 0.25) is 0 Å². The molecule has 1 rings (SSSR count). The number of thiophene rings is 1. The van der Waals surface area contributed by atoms with Crippen LogP contribution < -0.4 is 11.3 Å². The van der Waals surface area contributed by atoms with Crippen LogP contribution >= 0.6 is 39.0 Å². The monoisotopic (exact) mass is 266 g/mol. The Labute approximate surface area is 89.0 Å². The molecule has 0 saturated heterocycles. The Bertz CT molecular complexity index is 239. The number of rotatable bonds is 4. The summed E-state index contributed by atoms with van der Waals surface area (Å²) < 4.78 is 1.14. The van der Waals surface area contributed by atoms with Gasteiger partial charge < -0.3 is 0 Å². The Hall–Kier alpha value is 0.450. The molecule has 0 aliphatic heterocycles. The lowest BCUT2D eigenvalue weighted by atomic mass is 10.2. The summed E-state index contributed by atoms with van der Waals surface area (Å²) in [7, 11) is 0. The van der Waals surface area contributed by atoms with Crippen molar-refractivity contribution < 1.29 is 0 Å². The van der Waals surface area contributed by atoms with Crippen molar-refractivity contribution in [3.8, 4) is 0 Å². The van der Waals surface area contributed by atoms with Gasteiger partial charge in [0, 0.05) is 15.6 Å². The molecule has 1 heterocycles. The highest BCUT2D eigenvalue weighted by molar-refractivity contribution is 9.10. The molecular formula is C7H11BrN2S2. The van der Waals surface area contributed by atoms with E-state index in [9.17, 15) is 0 Å². The van der Waals surface area contributed by atoms with Gasteiger partial charge in [0.05, 0.1) is 6.04 Å². The van der Waals surface area contributed by atoms with Gasteiger partial charge in [-0.05, 0) is 33.1 Å². The van der Waals surface area contributed by atoms with Gasteiger partial charge in [-0.15, -0.1) is 0 Å². The zero-order chi connectivity index (χ0) is 8.97. The number of thioether (sulfide) groups is 1. The first-order chi connectivity index (χ1) is 5.79. The molecule has 68 valence electrons. The summed E-state index contributed by atoms with van der Waals surface area (Å²) in [4.78, 5) is 0. The van der Waals surface area contributed by atoms with Gasteiger partial charge >= 0.3 is 0 Å². The molecule has 3 N–H and O–H groups in total. The Morgan fingerprint density at radius 2 is 2.50 bits per heavy atom. The van der Waals surface area contributed by atoms with E-state index in [2.05, 4.69) is 38.4 Å². The number of hydrogen-bond donors (Lipinski definition) is 2. The zero-order valence-corrected chi connectivity index (χ0v) is 9.93. The first-order valence-electron chi connectivity index (χ1n) is 3.46. The van der Waals surface area contributed by atoms with Crippen LogP contribution in [0.3, 0.4) is 0 Å². The van der Waals surface area contributed by atoms with E-state index >= 15 is 0 Å². The summed E-state index contributed by atoms with van der Waals surface area (Å²) in [5.74, 6) is 6.43. The molecule has 0 aliphatic carbocycles. The number of hydrazine groups is 1. The second-order valence-electron chi connectivity index (χ2n) is 2.35. The standard InChI is InChI=1S/C7H11BrN2S2/c1-11-4-7(10-9)5-2-12-3-6(5)8/h2-3,7,10H,4,9H2,1H3. The van der Waals surface area contributed by atoms with Crippen LogP contribution in [0.25, 0.3) is 0 Å². The highest BCUT2D eigenvalue weighted by atomic mass is 79.9. The van der Waals surface area contributed by atoms with Crippen LogP contribution in [-0.4, -0.2) is 12.0 Å². The lowest BCUT2D eigenvalue weighted by molar-refractivity contribution is 0.611. The molecule has 0 saturated carbocycles. The molecular weight excluding hydrogens is 256 g/mol. The Morgan fingerprint density at radius 3 is 2.92 bits per heavy atom. The maximum Gasteiger partial charge on any atom is 0.0569 e. The van der Waals surface area contributed by atoms with Crippen molar-refractivity contribution in [2.24, 2.45) is 5.84 Å². The minimum atomic E-state index is 0.251. The van der Waals surface area contributed by atoms with Crippen LogP contribution in [0, 0.1) is 0 Å². The van der Waals surface area contributed by atoms with Crippen molar-refractivity contribution in [2.45, 2.75) is 6.04 Å². The minimum Gasteiger partial charge on any atom is -0.271 e. The summed E-state index contributed by atoms with van der Waals surface area (Å²) in [6.07, 6.45) is 2.07. The summed E-state index contributed by atoms with van der Waals surface area (Å²) >= 11 is 6.95. The van der Waals surface area contributed by atoms with Gasteiger partial charge in [-0.25, -0.2) is 0 Å². The maximum atomic E-state index is 5.44. The Morgan fingerprint density at radius 1 is 1.75 bits per heavy atom. The van der Waals surface area contributed by atoms with Gasteiger partial charge in [-0.2, -0.15) is 23.1 Å². The molecule has 1 aromatic rings. The van der Waals surface area contributed by atoms with Crippen molar-refractivity contribution >= 4 is 39.0 Å². The van der Waals surface area contributed by atoms with Crippen LogP contribution in [0.2, 0.25) is 0 Å². The highest BCUT2D eigenvalue weighted by Crippen LogP contribution is 2.28. The molecule has 1 atom stereocenters. The summed E-state index contributed by atoms with van der Waals surface area (Å²) in [6.45, 7) is 0. The molecule has 0 radical (unpaired) electrons. The third-order valence-electron chi connectivity index (χ3n) is 1.55. The van der Waals surface area contributed by atoms with Crippen molar-refractivity contribution in [1.82, 2.24) is 5.43 Å². The molecule has 0 aromatic carbocycles. The highest BCUT2D eigenvalue weighted by Gasteiger charge is 2.12. The lowest BCUT2D eigenvalue weighted by Crippen LogP contribution is -2.29. The minimum absolute atomic E-state index is 0.251. The smallest absolute Gasteiger partial charge is 0.0569 e. The second kappa shape index (κ2) is 5.24. The number of nitrogens with one attached hydrogen (secondary N) is 1. The average molecular weight is 267 g/mol. The molecule has 2 nitrogen and oxygen atoms in total. The topological polar surface area (TPSA) is 38.0 Å². The van der Waals surface area contributed by atoms with Crippen LogP contribution in [0.5, 0.6) is 0 Å². The summed E-state index contributed by atoms with van der Waals surface area (Å²) in [5, 5.41) is 4.19. The molecule has 0 spiro atoms. The van der Waals surface area contributed by atoms with Crippen molar-refractivity contribution in [3.05, 3.63) is 20.8 Å². The third kappa shape index (κ3) is 2.47. The molecule has 0 amide bonds. The van der Waals surface area contributed by atoms with E-state index in [1.54, 1.807) is 23.1 Å². The normalized spacial score (nSPS) is 13.2. The fourth-order valence-corrected chi connectivity index (χ4v) is 3.17. The summed E-state index contributed by atoms with van der Waals surface area (Å²) in [5.41, 5.74) is 4.05. The largest absolute Gasteiger partial charge is 0.271 e. The number of halogens is 1. The van der Waals surface area contributed by atoms with E-state index in [-0.39, 0.29) is 6.04 Å². The maximum absolute atomic E-state index is 5.44. The molecule has 1 aromatic heterocycles. The van der Waals surface area contributed by atoms with E-state index in [1.807, 2.05) is 0 Å². The first-order valence-corrected chi connectivity index (χ1v) is 6.59. The van der Waals surface area contributed by atoms with Gasteiger partial charge in [0.1, 0.15) is 0 Å². The molecule has 0 bridgehead atoms. The quantitative estimate of drug-likeness (QED) is 0.649. The molecule has 0 aliphatic rings. The fourth-order valence-electron chi connectivity index (χ4n) is 0.934. The van der Waals surface area contributed by atoms with Crippen LogP contribution in [0.15, 0.2) is 15.2 Å². The van der Waals surface area contributed by atoms with E-state index in [1.165, 1.54) is 5.56 Å². The SMILES string of the molecule is CSCC(NN)c1cscc1Br. The number of nitrogens with two attached hydrogens (primary N) is 1. The fraction of sp³-hybridized carbons (Fsp3) is 0.429. The molecule has 5 heteroatoms. The van der Waals surface area contributed by atoms with E-state index in [4.69, 9.17) is 5.84 Å².